The molecular weight excluding hydrogens is 381 g/mol. The van der Waals surface area contributed by atoms with E-state index in [1.54, 1.807) is 42.9 Å². The molecule has 0 aliphatic heterocycles. The van der Waals surface area contributed by atoms with Crippen LogP contribution in [-0.2, 0) is 12.6 Å². The highest BCUT2D eigenvalue weighted by molar-refractivity contribution is 6.03. The monoisotopic (exact) mass is 396 g/mol. The van der Waals surface area contributed by atoms with Crippen LogP contribution in [0.15, 0.2) is 73.2 Å². The number of carboxylic acid groups (broad SMARTS) is 1. The average molecular weight is 396 g/mol. The average Bonchev–Trinajstić information content (AvgIpc) is 3.12. The Bertz CT molecular complexity index is 1210. The molecule has 7 heteroatoms. The first-order valence-corrected chi connectivity index (χ1v) is 8.77. The molecule has 4 aromatic rings. The minimum Gasteiger partial charge on any atom is -0.478 e. The maximum atomic E-state index is 12.9. The predicted molar refractivity (Wildman–Crippen MR) is 102 cm³/mol. The summed E-state index contributed by atoms with van der Waals surface area (Å²) in [5, 5.41) is 9.95. The lowest BCUT2D eigenvalue weighted by Crippen LogP contribution is -2.05. The summed E-state index contributed by atoms with van der Waals surface area (Å²) in [6.45, 7) is 0. The first kappa shape index (κ1) is 18.7. The van der Waals surface area contributed by atoms with Crippen LogP contribution in [-0.4, -0.2) is 20.6 Å². The first-order valence-electron chi connectivity index (χ1n) is 8.77. The van der Waals surface area contributed by atoms with E-state index in [1.165, 1.54) is 12.1 Å². The summed E-state index contributed by atoms with van der Waals surface area (Å²) in [4.78, 5) is 15.6. The van der Waals surface area contributed by atoms with Crippen molar-refractivity contribution in [2.75, 3.05) is 0 Å². The van der Waals surface area contributed by atoms with Gasteiger partial charge in [-0.05, 0) is 47.9 Å². The molecule has 4 rings (SSSR count). The molecule has 0 saturated carbocycles. The van der Waals surface area contributed by atoms with Crippen LogP contribution in [0.3, 0.4) is 0 Å². The van der Waals surface area contributed by atoms with Gasteiger partial charge in [-0.25, -0.2) is 4.79 Å². The van der Waals surface area contributed by atoms with E-state index >= 15 is 0 Å². The highest BCUT2D eigenvalue weighted by Crippen LogP contribution is 2.30. The van der Waals surface area contributed by atoms with Gasteiger partial charge in [0, 0.05) is 17.8 Å². The molecule has 2 aromatic carbocycles. The molecule has 2 aromatic heterocycles. The van der Waals surface area contributed by atoms with Crippen molar-refractivity contribution in [3.63, 3.8) is 0 Å². The Hall–Kier alpha value is -3.61. The van der Waals surface area contributed by atoms with Crippen molar-refractivity contribution in [1.82, 2.24) is 9.55 Å². The number of hydrogen-bond donors (Lipinski definition) is 1. The zero-order valence-corrected chi connectivity index (χ0v) is 15.0. The Balaban J connectivity index is 1.70. The minimum atomic E-state index is -4.39. The zero-order valence-electron chi connectivity index (χ0n) is 15.0. The SMILES string of the molecule is O=C(O)c1cccc2c1ccn2-c1cncc(Cc2cccc(C(F)(F)F)c2)c1. The van der Waals surface area contributed by atoms with Crippen LogP contribution in [0.5, 0.6) is 0 Å². The summed E-state index contributed by atoms with van der Waals surface area (Å²) < 4.78 is 40.6. The van der Waals surface area contributed by atoms with Crippen LogP contribution in [0.2, 0.25) is 0 Å². The number of halogens is 3. The lowest BCUT2D eigenvalue weighted by Gasteiger charge is -2.10. The summed E-state index contributed by atoms with van der Waals surface area (Å²) in [5.74, 6) is -1.01. The van der Waals surface area contributed by atoms with Crippen molar-refractivity contribution in [3.8, 4) is 5.69 Å². The smallest absolute Gasteiger partial charge is 0.416 e. The Morgan fingerprint density at radius 1 is 1.00 bits per heavy atom. The largest absolute Gasteiger partial charge is 0.478 e. The number of benzene rings is 2. The molecular formula is C22H15F3N2O2. The van der Waals surface area contributed by atoms with Crippen LogP contribution in [0.25, 0.3) is 16.6 Å². The molecule has 0 spiro atoms. The Morgan fingerprint density at radius 2 is 1.79 bits per heavy atom. The van der Waals surface area contributed by atoms with Crippen molar-refractivity contribution in [2.45, 2.75) is 12.6 Å². The Labute approximate surface area is 163 Å². The molecule has 0 aliphatic rings. The predicted octanol–water partition coefficient (Wildman–Crippen LogP) is 5.33. The molecule has 0 bridgehead atoms. The standard InChI is InChI=1S/C22H15F3N2O2/c23-22(24,25)16-4-1-3-14(10-16)9-15-11-17(13-26-12-15)27-8-7-18-19(21(28)29)5-2-6-20(18)27/h1-8,10-13H,9H2,(H,28,29). The van der Waals surface area contributed by atoms with E-state index in [0.717, 1.165) is 17.7 Å². The third kappa shape index (κ3) is 3.71. The fourth-order valence-corrected chi connectivity index (χ4v) is 3.37. The fourth-order valence-electron chi connectivity index (χ4n) is 3.37. The van der Waals surface area contributed by atoms with E-state index in [2.05, 4.69) is 4.98 Å². The second-order valence-corrected chi connectivity index (χ2v) is 6.66. The summed E-state index contributed by atoms with van der Waals surface area (Å²) in [7, 11) is 0. The highest BCUT2D eigenvalue weighted by atomic mass is 19.4. The van der Waals surface area contributed by atoms with Gasteiger partial charge in [0.15, 0.2) is 0 Å². The van der Waals surface area contributed by atoms with Gasteiger partial charge in [0.1, 0.15) is 0 Å². The quantitative estimate of drug-likeness (QED) is 0.507. The molecule has 146 valence electrons. The van der Waals surface area contributed by atoms with Gasteiger partial charge in [0.05, 0.1) is 28.5 Å². The van der Waals surface area contributed by atoms with Crippen molar-refractivity contribution in [1.29, 1.82) is 0 Å². The van der Waals surface area contributed by atoms with E-state index in [0.29, 0.717) is 28.6 Å². The second kappa shape index (κ2) is 7.09. The zero-order chi connectivity index (χ0) is 20.6. The first-order chi connectivity index (χ1) is 13.8. The van der Waals surface area contributed by atoms with Crippen molar-refractivity contribution in [2.24, 2.45) is 0 Å². The lowest BCUT2D eigenvalue weighted by atomic mass is 10.0. The normalized spacial score (nSPS) is 11.7. The van der Waals surface area contributed by atoms with Gasteiger partial charge in [-0.3, -0.25) is 4.98 Å². The maximum Gasteiger partial charge on any atom is 0.416 e. The van der Waals surface area contributed by atoms with Crippen LogP contribution in [0, 0.1) is 0 Å². The van der Waals surface area contributed by atoms with Crippen LogP contribution in [0.1, 0.15) is 27.0 Å². The van der Waals surface area contributed by atoms with Gasteiger partial charge in [-0.1, -0.05) is 24.3 Å². The third-order valence-corrected chi connectivity index (χ3v) is 4.68. The maximum absolute atomic E-state index is 12.9. The van der Waals surface area contributed by atoms with Crippen molar-refractivity contribution in [3.05, 3.63) is 95.4 Å². The van der Waals surface area contributed by atoms with E-state index in [9.17, 15) is 23.1 Å². The van der Waals surface area contributed by atoms with Crippen LogP contribution < -0.4 is 0 Å². The number of alkyl halides is 3. The molecule has 0 aliphatic carbocycles. The molecule has 0 unspecified atom stereocenters. The number of pyridine rings is 1. The molecule has 0 radical (unpaired) electrons. The number of carboxylic acids is 1. The molecule has 29 heavy (non-hydrogen) atoms. The van der Waals surface area contributed by atoms with Crippen molar-refractivity contribution >= 4 is 16.9 Å². The van der Waals surface area contributed by atoms with Gasteiger partial charge in [-0.2, -0.15) is 13.2 Å². The molecule has 0 fully saturated rings. The number of aromatic carboxylic acids is 1. The number of carbonyl (C=O) groups is 1. The van der Waals surface area contributed by atoms with Gasteiger partial charge in [-0.15, -0.1) is 0 Å². The Morgan fingerprint density at radius 3 is 2.55 bits per heavy atom. The molecule has 4 nitrogen and oxygen atoms in total. The highest BCUT2D eigenvalue weighted by Gasteiger charge is 2.30. The number of fused-ring (bicyclic) bond motifs is 1. The lowest BCUT2D eigenvalue weighted by molar-refractivity contribution is -0.137. The fraction of sp³-hybridized carbons (Fsp3) is 0.0909. The van der Waals surface area contributed by atoms with E-state index in [1.807, 2.05) is 10.6 Å². The summed E-state index contributed by atoms with van der Waals surface area (Å²) >= 11 is 0. The molecule has 2 heterocycles. The third-order valence-electron chi connectivity index (χ3n) is 4.68. The topological polar surface area (TPSA) is 55.1 Å². The number of nitrogens with zero attached hydrogens (tertiary/aromatic N) is 2. The van der Waals surface area contributed by atoms with Crippen molar-refractivity contribution < 1.29 is 23.1 Å². The second-order valence-electron chi connectivity index (χ2n) is 6.66. The molecule has 0 saturated heterocycles. The van der Waals surface area contributed by atoms with E-state index < -0.39 is 17.7 Å². The summed E-state index contributed by atoms with van der Waals surface area (Å²) in [6.07, 6.45) is 0.898. The number of rotatable bonds is 4. The van der Waals surface area contributed by atoms with E-state index in [-0.39, 0.29) is 5.56 Å². The van der Waals surface area contributed by atoms with Crippen LogP contribution in [0.4, 0.5) is 13.2 Å². The Kier molecular flexibility index (Phi) is 4.58. The van der Waals surface area contributed by atoms with Crippen LogP contribution >= 0.6 is 0 Å². The van der Waals surface area contributed by atoms with Gasteiger partial charge in [0.25, 0.3) is 0 Å². The number of hydrogen-bond acceptors (Lipinski definition) is 2. The molecule has 0 atom stereocenters. The minimum absolute atomic E-state index is 0.203. The molecule has 0 amide bonds. The van der Waals surface area contributed by atoms with E-state index in [4.69, 9.17) is 0 Å². The van der Waals surface area contributed by atoms with Gasteiger partial charge < -0.3 is 9.67 Å². The summed E-state index contributed by atoms with van der Waals surface area (Å²) in [6, 6.07) is 13.8. The van der Waals surface area contributed by atoms with Gasteiger partial charge in [0.2, 0.25) is 0 Å². The van der Waals surface area contributed by atoms with Gasteiger partial charge >= 0.3 is 12.1 Å². The summed E-state index contributed by atoms with van der Waals surface area (Å²) in [5.41, 5.74) is 2.21. The number of aromatic nitrogens is 2. The molecule has 1 N–H and O–H groups in total.